The second-order valence-electron chi connectivity index (χ2n) is 8.65. The number of nitro groups is 1. The first-order valence-electron chi connectivity index (χ1n) is 11.3. The molecule has 0 saturated carbocycles. The van der Waals surface area contributed by atoms with E-state index in [-0.39, 0.29) is 41.6 Å². The monoisotopic (exact) mass is 461 g/mol. The van der Waals surface area contributed by atoms with Crippen LogP contribution in [0.2, 0.25) is 0 Å². The van der Waals surface area contributed by atoms with E-state index in [0.29, 0.717) is 19.5 Å². The molecular weight excluding hydrogens is 438 g/mol. The predicted octanol–water partition coefficient (Wildman–Crippen LogP) is 3.25. The van der Waals surface area contributed by atoms with Crippen LogP contribution in [-0.4, -0.2) is 62.0 Å². The maximum Gasteiger partial charge on any atom is 0.270 e. The summed E-state index contributed by atoms with van der Waals surface area (Å²) in [5, 5.41) is 11.0. The van der Waals surface area contributed by atoms with Crippen LogP contribution in [0.3, 0.4) is 0 Å². The maximum absolute atomic E-state index is 12.7. The molecule has 5 rings (SSSR count). The van der Waals surface area contributed by atoms with Crippen molar-refractivity contribution in [2.24, 2.45) is 0 Å². The van der Waals surface area contributed by atoms with Crippen LogP contribution in [0, 0.1) is 10.1 Å². The number of imidazole rings is 1. The number of hydrogen-bond acceptors (Lipinski definition) is 6. The predicted molar refractivity (Wildman–Crippen MR) is 122 cm³/mol. The minimum absolute atomic E-state index is 0.00435. The summed E-state index contributed by atoms with van der Waals surface area (Å²) < 4.78 is 0. The number of fused-ring (bicyclic) bond motifs is 2. The number of H-pyrrole nitrogens is 1. The number of nitrogens with one attached hydrogen (secondary N) is 1. The summed E-state index contributed by atoms with van der Waals surface area (Å²) in [6.07, 6.45) is 2.21. The van der Waals surface area contributed by atoms with Crippen LogP contribution < -0.4 is 0 Å². The fourth-order valence-electron chi connectivity index (χ4n) is 4.71. The zero-order valence-electron chi connectivity index (χ0n) is 18.4. The average molecular weight is 461 g/mol. The third-order valence-electron chi connectivity index (χ3n) is 6.58. The number of nitro benzene ring substituents is 1. The number of aromatic amines is 1. The molecule has 10 heteroatoms. The van der Waals surface area contributed by atoms with E-state index in [9.17, 15) is 24.5 Å². The van der Waals surface area contributed by atoms with Gasteiger partial charge in [0, 0.05) is 44.1 Å². The van der Waals surface area contributed by atoms with Gasteiger partial charge in [-0.3, -0.25) is 29.4 Å². The van der Waals surface area contributed by atoms with Crippen LogP contribution >= 0.6 is 0 Å². The molecule has 0 radical (unpaired) electrons. The molecule has 34 heavy (non-hydrogen) atoms. The molecule has 3 amide bonds. The Bertz CT molecular complexity index is 1280. The number of hydrogen-bond donors (Lipinski definition) is 1. The van der Waals surface area contributed by atoms with Gasteiger partial charge in [-0.15, -0.1) is 0 Å². The minimum atomic E-state index is -0.600. The van der Waals surface area contributed by atoms with Gasteiger partial charge in [0.15, 0.2) is 0 Å². The van der Waals surface area contributed by atoms with Gasteiger partial charge < -0.3 is 9.88 Å². The van der Waals surface area contributed by atoms with E-state index in [1.807, 2.05) is 29.2 Å². The molecule has 1 fully saturated rings. The first-order valence-corrected chi connectivity index (χ1v) is 11.3. The molecule has 0 aliphatic carbocycles. The molecule has 1 saturated heterocycles. The van der Waals surface area contributed by atoms with Crippen LogP contribution in [0.5, 0.6) is 0 Å². The number of imide groups is 1. The molecular formula is C24H23N5O5. The first kappa shape index (κ1) is 21.7. The Morgan fingerprint density at radius 1 is 1.09 bits per heavy atom. The third kappa shape index (κ3) is 3.91. The Kier molecular flexibility index (Phi) is 5.56. The third-order valence-corrected chi connectivity index (χ3v) is 6.58. The van der Waals surface area contributed by atoms with Crippen LogP contribution in [0.1, 0.15) is 58.1 Å². The highest BCUT2D eigenvalue weighted by Gasteiger charge is 2.36. The van der Waals surface area contributed by atoms with Crippen molar-refractivity contribution in [3.05, 3.63) is 69.5 Å². The fraction of sp³-hybridized carbons (Fsp3) is 0.333. The van der Waals surface area contributed by atoms with Gasteiger partial charge in [-0.25, -0.2) is 4.98 Å². The van der Waals surface area contributed by atoms with Gasteiger partial charge in [-0.1, -0.05) is 12.1 Å². The van der Waals surface area contributed by atoms with E-state index in [1.54, 1.807) is 0 Å². The summed E-state index contributed by atoms with van der Waals surface area (Å²) in [5.74, 6) is 0.199. The van der Waals surface area contributed by atoms with Crippen molar-refractivity contribution in [3.8, 4) is 0 Å². The Labute approximate surface area is 194 Å². The number of rotatable bonds is 6. The highest BCUT2D eigenvalue weighted by Crippen LogP contribution is 2.29. The molecule has 0 spiro atoms. The zero-order valence-corrected chi connectivity index (χ0v) is 18.4. The average Bonchev–Trinajstić information content (AvgIpc) is 3.39. The minimum Gasteiger partial charge on any atom is -0.343 e. The number of amides is 3. The van der Waals surface area contributed by atoms with Gasteiger partial charge in [0.25, 0.3) is 17.5 Å². The molecule has 0 atom stereocenters. The maximum atomic E-state index is 12.7. The van der Waals surface area contributed by atoms with Crippen LogP contribution in [0.15, 0.2) is 42.5 Å². The number of piperidine rings is 1. The first-order chi connectivity index (χ1) is 16.4. The van der Waals surface area contributed by atoms with E-state index in [1.165, 1.54) is 12.1 Å². The van der Waals surface area contributed by atoms with Crippen LogP contribution in [-0.2, 0) is 4.79 Å². The molecule has 1 N–H and O–H groups in total. The lowest BCUT2D eigenvalue weighted by Gasteiger charge is -2.31. The van der Waals surface area contributed by atoms with E-state index in [0.717, 1.165) is 40.7 Å². The number of benzene rings is 2. The quantitative estimate of drug-likeness (QED) is 0.341. The summed E-state index contributed by atoms with van der Waals surface area (Å²) in [7, 11) is 0. The van der Waals surface area contributed by atoms with E-state index in [2.05, 4.69) is 9.97 Å². The van der Waals surface area contributed by atoms with E-state index < -0.39 is 16.7 Å². The molecule has 2 aromatic carbocycles. The molecule has 10 nitrogen and oxygen atoms in total. The van der Waals surface area contributed by atoms with Crippen molar-refractivity contribution in [2.75, 3.05) is 19.6 Å². The largest absolute Gasteiger partial charge is 0.343 e. The molecule has 0 unspecified atom stereocenters. The summed E-state index contributed by atoms with van der Waals surface area (Å²) in [5.41, 5.74) is 1.92. The SMILES string of the molecule is O=C(CCCN1C(=O)c2ccc([N+](=O)[O-])cc2C1=O)N1CCC(c2nc3ccccc3[nH]2)CC1. The molecule has 0 bridgehead atoms. The van der Waals surface area contributed by atoms with Gasteiger partial charge in [-0.05, 0) is 37.5 Å². The van der Waals surface area contributed by atoms with E-state index >= 15 is 0 Å². The number of carbonyl (C=O) groups excluding carboxylic acids is 3. The Hall–Kier alpha value is -4.08. The molecule has 3 heterocycles. The van der Waals surface area contributed by atoms with Crippen molar-refractivity contribution in [3.63, 3.8) is 0 Å². The van der Waals surface area contributed by atoms with Gasteiger partial charge in [0.2, 0.25) is 5.91 Å². The summed E-state index contributed by atoms with van der Waals surface area (Å²) in [4.78, 5) is 59.1. The topological polar surface area (TPSA) is 130 Å². The smallest absolute Gasteiger partial charge is 0.270 e. The Morgan fingerprint density at radius 3 is 2.56 bits per heavy atom. The molecule has 174 valence electrons. The van der Waals surface area contributed by atoms with Gasteiger partial charge >= 0.3 is 0 Å². The highest BCUT2D eigenvalue weighted by atomic mass is 16.6. The van der Waals surface area contributed by atoms with Crippen LogP contribution in [0.25, 0.3) is 11.0 Å². The molecule has 1 aromatic heterocycles. The lowest BCUT2D eigenvalue weighted by Crippen LogP contribution is -2.38. The molecule has 2 aliphatic rings. The normalized spacial score (nSPS) is 16.4. The standard InChI is InChI=1S/C24H23N5O5/c30-21(27-12-9-15(10-13-27)22-25-19-4-1-2-5-20(19)26-22)6-3-11-28-23(31)17-8-7-16(29(33)34)14-18(17)24(28)32/h1-2,4-5,7-8,14-15H,3,6,9-13H2,(H,25,26). The summed E-state index contributed by atoms with van der Waals surface area (Å²) in [6.45, 7) is 1.37. The fourth-order valence-corrected chi connectivity index (χ4v) is 4.71. The number of carbonyl (C=O) groups is 3. The summed E-state index contributed by atoms with van der Waals surface area (Å²) >= 11 is 0. The Morgan fingerprint density at radius 2 is 1.82 bits per heavy atom. The Balaban J connectivity index is 1.12. The lowest BCUT2D eigenvalue weighted by atomic mass is 9.96. The number of likely N-dealkylation sites (tertiary alicyclic amines) is 1. The van der Waals surface area contributed by atoms with Crippen molar-refractivity contribution in [1.82, 2.24) is 19.8 Å². The van der Waals surface area contributed by atoms with Crippen molar-refractivity contribution in [1.29, 1.82) is 0 Å². The van der Waals surface area contributed by atoms with Gasteiger partial charge in [0.1, 0.15) is 5.82 Å². The van der Waals surface area contributed by atoms with E-state index in [4.69, 9.17) is 0 Å². The van der Waals surface area contributed by atoms with Crippen LogP contribution in [0.4, 0.5) is 5.69 Å². The second kappa shape index (κ2) is 8.69. The number of aromatic nitrogens is 2. The number of para-hydroxylation sites is 2. The molecule has 3 aromatic rings. The number of non-ortho nitro benzene ring substituents is 1. The van der Waals surface area contributed by atoms with Gasteiger partial charge in [-0.2, -0.15) is 0 Å². The zero-order chi connectivity index (χ0) is 23.8. The van der Waals surface area contributed by atoms with Crippen molar-refractivity contribution in [2.45, 2.75) is 31.6 Å². The summed E-state index contributed by atoms with van der Waals surface area (Å²) in [6, 6.07) is 11.6. The highest BCUT2D eigenvalue weighted by molar-refractivity contribution is 6.21. The molecule has 2 aliphatic heterocycles. The lowest BCUT2D eigenvalue weighted by molar-refractivity contribution is -0.384. The second-order valence-corrected chi connectivity index (χ2v) is 8.65. The van der Waals surface area contributed by atoms with Gasteiger partial charge in [0.05, 0.1) is 27.1 Å². The van der Waals surface area contributed by atoms with Crippen molar-refractivity contribution >= 4 is 34.4 Å². The van der Waals surface area contributed by atoms with Crippen molar-refractivity contribution < 1.29 is 19.3 Å². The number of nitrogens with zero attached hydrogens (tertiary/aromatic N) is 4.